The minimum atomic E-state index is -1.90. The number of nitrogens with zero attached hydrogens (tertiary/aromatic N) is 1. The van der Waals surface area contributed by atoms with Gasteiger partial charge >= 0.3 is 5.97 Å². The van der Waals surface area contributed by atoms with Gasteiger partial charge in [-0.2, -0.15) is 0 Å². The summed E-state index contributed by atoms with van der Waals surface area (Å²) >= 11 is 0. The second kappa shape index (κ2) is 6.82. The number of aliphatic hydroxyl groups is 4. The Kier molecular flexibility index (Phi) is 5.02. The summed E-state index contributed by atoms with van der Waals surface area (Å²) in [5.74, 6) is -2.08. The summed E-state index contributed by atoms with van der Waals surface area (Å²) in [4.78, 5) is 13.5. The molecule has 1 aromatic carbocycles. The number of fused-ring (bicyclic) bond motifs is 1. The molecule has 1 heterocycles. The zero-order valence-corrected chi connectivity index (χ0v) is 14.0. The Morgan fingerprint density at radius 2 is 2.04 bits per heavy atom. The van der Waals surface area contributed by atoms with Crippen molar-refractivity contribution < 1.29 is 38.7 Å². The normalized spacial score (nSPS) is 37.4. The number of hydrogen-bond donors (Lipinski definition) is 4. The van der Waals surface area contributed by atoms with Crippen molar-refractivity contribution in [2.75, 3.05) is 7.11 Å². The highest BCUT2D eigenvalue weighted by molar-refractivity contribution is 5.76. The first-order valence-electron chi connectivity index (χ1n) is 8.23. The molecule has 0 unspecified atom stereocenters. The van der Waals surface area contributed by atoms with E-state index in [4.69, 9.17) is 4.74 Å². The number of ether oxygens (including phenoxy) is 1. The molecule has 0 radical (unpaired) electrons. The number of rotatable bonds is 3. The largest absolute Gasteiger partial charge is 0.468 e. The third-order valence-corrected chi connectivity index (χ3v) is 5.43. The minimum absolute atomic E-state index is 0.0433. The van der Waals surface area contributed by atoms with Crippen LogP contribution in [0.3, 0.4) is 0 Å². The van der Waals surface area contributed by atoms with Gasteiger partial charge in [-0.1, -0.05) is 0 Å². The molecule has 1 saturated carbocycles. The first-order valence-corrected chi connectivity index (χ1v) is 8.23. The van der Waals surface area contributed by atoms with Crippen molar-refractivity contribution in [2.24, 2.45) is 0 Å². The number of carbonyl (C=O) groups is 1. The molecule has 9 heteroatoms. The molecular weight excluding hydrogens is 352 g/mol. The molecule has 26 heavy (non-hydrogen) atoms. The highest BCUT2D eigenvalue weighted by Gasteiger charge is 2.62. The van der Waals surface area contributed by atoms with Gasteiger partial charge in [-0.25, -0.2) is 8.78 Å². The van der Waals surface area contributed by atoms with Gasteiger partial charge in [-0.05, 0) is 24.6 Å². The molecule has 1 aliphatic heterocycles. The fourth-order valence-electron chi connectivity index (χ4n) is 4.04. The second-order valence-electron chi connectivity index (χ2n) is 6.90. The molecule has 2 fully saturated rings. The van der Waals surface area contributed by atoms with E-state index in [9.17, 15) is 34.0 Å². The van der Waals surface area contributed by atoms with Crippen molar-refractivity contribution in [1.82, 2.24) is 4.90 Å². The Labute approximate surface area is 148 Å². The Morgan fingerprint density at radius 1 is 1.35 bits per heavy atom. The van der Waals surface area contributed by atoms with Crippen molar-refractivity contribution in [3.05, 3.63) is 35.4 Å². The lowest BCUT2D eigenvalue weighted by Crippen LogP contribution is -2.64. The molecule has 4 N–H and O–H groups in total. The molecule has 6 atom stereocenters. The van der Waals surface area contributed by atoms with Crippen LogP contribution in [0.2, 0.25) is 0 Å². The van der Waals surface area contributed by atoms with Crippen molar-refractivity contribution in [3.63, 3.8) is 0 Å². The molecule has 0 amide bonds. The number of likely N-dealkylation sites (tertiary alicyclic amines) is 1. The maximum Gasteiger partial charge on any atom is 0.323 e. The lowest BCUT2D eigenvalue weighted by molar-refractivity contribution is -0.197. The highest BCUT2D eigenvalue weighted by Crippen LogP contribution is 2.44. The van der Waals surface area contributed by atoms with E-state index in [0.717, 1.165) is 25.3 Å². The Morgan fingerprint density at radius 3 is 2.69 bits per heavy atom. The van der Waals surface area contributed by atoms with E-state index in [2.05, 4.69) is 0 Å². The van der Waals surface area contributed by atoms with Gasteiger partial charge in [0.15, 0.2) is 0 Å². The predicted molar refractivity (Wildman–Crippen MR) is 83.7 cm³/mol. The summed E-state index contributed by atoms with van der Waals surface area (Å²) in [5.41, 5.74) is -1.94. The summed E-state index contributed by atoms with van der Waals surface area (Å²) in [6.07, 6.45) is -5.05. The molecule has 7 nitrogen and oxygen atoms in total. The average molecular weight is 373 g/mol. The predicted octanol–water partition coefficient (Wildman–Crippen LogP) is -0.702. The zero-order chi connectivity index (χ0) is 19.2. The van der Waals surface area contributed by atoms with Crippen LogP contribution >= 0.6 is 0 Å². The molecule has 1 aromatic rings. The third kappa shape index (κ3) is 2.99. The number of benzene rings is 1. The monoisotopic (exact) mass is 373 g/mol. The number of esters is 1. The lowest BCUT2D eigenvalue weighted by atomic mass is 9.75. The lowest BCUT2D eigenvalue weighted by Gasteiger charge is -2.45. The number of hydrogen-bond acceptors (Lipinski definition) is 7. The van der Waals surface area contributed by atoms with Crippen LogP contribution in [0.5, 0.6) is 0 Å². The number of halogens is 2. The van der Waals surface area contributed by atoms with E-state index in [-0.39, 0.29) is 24.9 Å². The third-order valence-electron chi connectivity index (χ3n) is 5.43. The maximum atomic E-state index is 14.1. The van der Waals surface area contributed by atoms with Gasteiger partial charge in [0.1, 0.15) is 35.5 Å². The smallest absolute Gasteiger partial charge is 0.323 e. The van der Waals surface area contributed by atoms with Crippen molar-refractivity contribution in [1.29, 1.82) is 0 Å². The molecule has 0 aromatic heterocycles. The molecule has 0 spiro atoms. The quantitative estimate of drug-likeness (QED) is 0.519. The number of carbonyl (C=O) groups excluding carboxylic acids is 1. The van der Waals surface area contributed by atoms with E-state index in [0.29, 0.717) is 0 Å². The molecule has 2 aliphatic rings. The van der Waals surface area contributed by atoms with Gasteiger partial charge in [-0.3, -0.25) is 9.69 Å². The van der Waals surface area contributed by atoms with E-state index >= 15 is 0 Å². The Balaban J connectivity index is 1.99. The summed E-state index contributed by atoms with van der Waals surface area (Å²) in [5, 5.41) is 41.0. The summed E-state index contributed by atoms with van der Waals surface area (Å²) in [7, 11) is 1.15. The first kappa shape index (κ1) is 19.1. The second-order valence-corrected chi connectivity index (χ2v) is 6.90. The first-order chi connectivity index (χ1) is 12.2. The Hall–Kier alpha value is -1.65. The van der Waals surface area contributed by atoms with Crippen molar-refractivity contribution in [3.8, 4) is 0 Å². The van der Waals surface area contributed by atoms with E-state index < -0.39 is 53.6 Å². The topological polar surface area (TPSA) is 110 Å². The van der Waals surface area contributed by atoms with E-state index in [1.54, 1.807) is 0 Å². The van der Waals surface area contributed by atoms with Crippen LogP contribution in [0.1, 0.15) is 18.4 Å². The van der Waals surface area contributed by atoms with Crippen molar-refractivity contribution in [2.45, 2.75) is 55.4 Å². The number of aliphatic hydroxyl groups excluding tert-OH is 3. The minimum Gasteiger partial charge on any atom is -0.468 e. The van der Waals surface area contributed by atoms with Gasteiger partial charge in [0.05, 0.1) is 13.2 Å². The highest BCUT2D eigenvalue weighted by atomic mass is 19.1. The molecular formula is C17H21F2NO6. The van der Waals surface area contributed by atoms with Crippen LogP contribution in [0.25, 0.3) is 0 Å². The van der Waals surface area contributed by atoms with Crippen LogP contribution in [-0.2, 0) is 16.1 Å². The van der Waals surface area contributed by atoms with Crippen LogP contribution in [-0.4, -0.2) is 74.4 Å². The van der Waals surface area contributed by atoms with Gasteiger partial charge < -0.3 is 25.2 Å². The molecule has 3 rings (SSSR count). The van der Waals surface area contributed by atoms with Gasteiger partial charge in [0.2, 0.25) is 0 Å². The van der Waals surface area contributed by atoms with Gasteiger partial charge in [0, 0.05) is 24.6 Å². The molecule has 0 bridgehead atoms. The Bertz CT molecular complexity index is 704. The summed E-state index contributed by atoms with van der Waals surface area (Å²) in [6.45, 7) is -0.244. The van der Waals surface area contributed by atoms with Crippen LogP contribution in [0.15, 0.2) is 18.2 Å². The fourth-order valence-corrected chi connectivity index (χ4v) is 4.04. The van der Waals surface area contributed by atoms with E-state index in [1.165, 1.54) is 4.90 Å². The summed E-state index contributed by atoms with van der Waals surface area (Å²) < 4.78 is 32.3. The van der Waals surface area contributed by atoms with Crippen molar-refractivity contribution >= 4 is 5.97 Å². The van der Waals surface area contributed by atoms with Gasteiger partial charge in [0.25, 0.3) is 0 Å². The standard InChI is InChI=1S/C17H21F2NO6/c1-26-16(24)11-6-17(25)13(5-12(21)14(22)15(17)23)20(11)7-8-4-9(18)2-3-10(8)19/h2-4,11-15,21-23,25H,5-7H2,1H3/t11-,12+,13+,14+,15+,17-/m0/s1. The number of methoxy groups -OCH3 is 1. The van der Waals surface area contributed by atoms with Gasteiger partial charge in [-0.15, -0.1) is 0 Å². The fraction of sp³-hybridized carbons (Fsp3) is 0.588. The van der Waals surface area contributed by atoms with Crippen LogP contribution in [0, 0.1) is 11.6 Å². The molecule has 1 aliphatic carbocycles. The van der Waals surface area contributed by atoms with Crippen LogP contribution < -0.4 is 0 Å². The molecule has 1 saturated heterocycles. The SMILES string of the molecule is COC(=O)[C@@H]1C[C@@]2(O)[C@H](O)[C@H](O)[C@H](O)C[C@H]2N1Cc1cc(F)ccc1F. The van der Waals surface area contributed by atoms with E-state index in [1.807, 2.05) is 0 Å². The zero-order valence-electron chi connectivity index (χ0n) is 14.0. The van der Waals surface area contributed by atoms with Crippen LogP contribution in [0.4, 0.5) is 8.78 Å². The molecule has 144 valence electrons. The summed E-state index contributed by atoms with van der Waals surface area (Å²) in [6, 6.07) is 0.883. The maximum absolute atomic E-state index is 14.1. The average Bonchev–Trinajstić information content (AvgIpc) is 2.89.